The van der Waals surface area contributed by atoms with Gasteiger partial charge >= 0.3 is 0 Å². The van der Waals surface area contributed by atoms with Gasteiger partial charge in [-0.25, -0.2) is 0 Å². The molecule has 0 aliphatic rings. The minimum Gasteiger partial charge on any atom is -0.344 e. The lowest BCUT2D eigenvalue weighted by atomic mass is 10.1. The van der Waals surface area contributed by atoms with Gasteiger partial charge in [-0.1, -0.05) is 6.92 Å². The van der Waals surface area contributed by atoms with Gasteiger partial charge in [0.15, 0.2) is 0 Å². The summed E-state index contributed by atoms with van der Waals surface area (Å²) in [6, 6.07) is 2.08. The van der Waals surface area contributed by atoms with Crippen LogP contribution >= 0.6 is 0 Å². The van der Waals surface area contributed by atoms with Crippen molar-refractivity contribution in [3.8, 4) is 6.07 Å². The average molecular weight is 183 g/mol. The fourth-order valence-electron chi connectivity index (χ4n) is 1.02. The van der Waals surface area contributed by atoms with Crippen LogP contribution in [0.5, 0.6) is 0 Å². The minimum absolute atomic E-state index is 0.00426. The van der Waals surface area contributed by atoms with Gasteiger partial charge in [-0.3, -0.25) is 4.79 Å². The zero-order valence-corrected chi connectivity index (χ0v) is 8.45. The smallest absolute Gasteiger partial charge is 0.226 e. The molecule has 74 valence electrons. The fraction of sp³-hybridized carbons (Fsp3) is 0.778. The molecule has 0 rings (SSSR count). The molecule has 0 aliphatic carbocycles. The summed E-state index contributed by atoms with van der Waals surface area (Å²) < 4.78 is 0. The van der Waals surface area contributed by atoms with Crippen molar-refractivity contribution in [2.24, 2.45) is 17.6 Å². The van der Waals surface area contributed by atoms with Crippen LogP contribution in [0.3, 0.4) is 0 Å². The van der Waals surface area contributed by atoms with Gasteiger partial charge < -0.3 is 10.6 Å². The Morgan fingerprint density at radius 2 is 2.15 bits per heavy atom. The summed E-state index contributed by atoms with van der Waals surface area (Å²) >= 11 is 0. The third-order valence-electron chi connectivity index (χ3n) is 1.92. The highest BCUT2D eigenvalue weighted by atomic mass is 16.2. The highest BCUT2D eigenvalue weighted by Gasteiger charge is 2.17. The van der Waals surface area contributed by atoms with Crippen molar-refractivity contribution >= 4 is 5.91 Å². The molecule has 0 saturated heterocycles. The third-order valence-corrected chi connectivity index (χ3v) is 1.92. The molecule has 13 heavy (non-hydrogen) atoms. The van der Waals surface area contributed by atoms with Gasteiger partial charge in [0, 0.05) is 26.1 Å². The van der Waals surface area contributed by atoms with E-state index in [1.165, 1.54) is 0 Å². The van der Waals surface area contributed by atoms with Crippen molar-refractivity contribution < 1.29 is 4.79 Å². The van der Waals surface area contributed by atoms with E-state index in [1.807, 2.05) is 0 Å². The van der Waals surface area contributed by atoms with Crippen LogP contribution in [0.25, 0.3) is 0 Å². The van der Waals surface area contributed by atoms with E-state index < -0.39 is 0 Å². The molecular formula is C9H17N3O. The first kappa shape index (κ1) is 11.9. The first-order chi connectivity index (χ1) is 6.02. The Hall–Kier alpha value is -1.08. The molecule has 0 saturated carbocycles. The molecule has 0 radical (unpaired) electrons. The van der Waals surface area contributed by atoms with Crippen LogP contribution in [0.15, 0.2) is 0 Å². The van der Waals surface area contributed by atoms with Crippen molar-refractivity contribution in [3.05, 3.63) is 0 Å². The summed E-state index contributed by atoms with van der Waals surface area (Å²) in [7, 11) is 1.70. The summed E-state index contributed by atoms with van der Waals surface area (Å²) in [4.78, 5) is 13.0. The highest BCUT2D eigenvalue weighted by Crippen LogP contribution is 2.02. The van der Waals surface area contributed by atoms with E-state index >= 15 is 0 Å². The Kier molecular flexibility index (Phi) is 5.09. The molecule has 0 aliphatic heterocycles. The highest BCUT2D eigenvalue weighted by molar-refractivity contribution is 5.78. The molecule has 0 bridgehead atoms. The molecule has 0 aromatic carbocycles. The summed E-state index contributed by atoms with van der Waals surface area (Å²) in [6.45, 7) is 4.40. The number of nitriles is 1. The molecular weight excluding hydrogens is 166 g/mol. The summed E-state index contributed by atoms with van der Waals surface area (Å²) in [5, 5.41) is 8.55. The number of carbonyl (C=O) groups is 1. The molecule has 0 fully saturated rings. The maximum absolute atomic E-state index is 11.5. The fourth-order valence-corrected chi connectivity index (χ4v) is 1.02. The molecule has 0 aromatic rings. The van der Waals surface area contributed by atoms with Gasteiger partial charge in [0.05, 0.1) is 12.0 Å². The Balaban J connectivity index is 4.05. The zero-order valence-electron chi connectivity index (χ0n) is 8.45. The van der Waals surface area contributed by atoms with Crippen LogP contribution in [-0.2, 0) is 4.79 Å². The van der Waals surface area contributed by atoms with E-state index in [0.717, 1.165) is 0 Å². The average Bonchev–Trinajstić information content (AvgIpc) is 2.14. The van der Waals surface area contributed by atoms with Crippen LogP contribution in [-0.4, -0.2) is 30.9 Å². The number of nitrogens with two attached hydrogens (primary N) is 1. The van der Waals surface area contributed by atoms with E-state index in [4.69, 9.17) is 11.0 Å². The van der Waals surface area contributed by atoms with Crippen molar-refractivity contribution in [2.75, 3.05) is 20.1 Å². The van der Waals surface area contributed by atoms with Crippen molar-refractivity contribution in [1.29, 1.82) is 5.26 Å². The van der Waals surface area contributed by atoms with Crippen molar-refractivity contribution in [3.63, 3.8) is 0 Å². The van der Waals surface area contributed by atoms with Crippen molar-refractivity contribution in [1.82, 2.24) is 4.90 Å². The summed E-state index contributed by atoms with van der Waals surface area (Å²) in [6.07, 6.45) is 0. The predicted octanol–water partition coefficient (Wildman–Crippen LogP) is 0.199. The van der Waals surface area contributed by atoms with E-state index in [-0.39, 0.29) is 17.7 Å². The van der Waals surface area contributed by atoms with E-state index in [2.05, 4.69) is 6.07 Å². The SMILES string of the molecule is CC(C#N)CN(C)C(=O)C(C)CN. The largest absolute Gasteiger partial charge is 0.344 e. The molecule has 0 spiro atoms. The second-order valence-electron chi connectivity index (χ2n) is 3.39. The number of carbonyl (C=O) groups excluding carboxylic acids is 1. The lowest BCUT2D eigenvalue weighted by Crippen LogP contribution is -2.37. The lowest BCUT2D eigenvalue weighted by molar-refractivity contribution is -0.133. The minimum atomic E-state index is -0.157. The van der Waals surface area contributed by atoms with Crippen LogP contribution in [0, 0.1) is 23.2 Å². The maximum Gasteiger partial charge on any atom is 0.226 e. The van der Waals surface area contributed by atoms with Gasteiger partial charge in [0.2, 0.25) is 5.91 Å². The maximum atomic E-state index is 11.5. The first-order valence-electron chi connectivity index (χ1n) is 4.37. The zero-order chi connectivity index (χ0) is 10.4. The van der Waals surface area contributed by atoms with Crippen LogP contribution in [0.2, 0.25) is 0 Å². The number of hydrogen-bond acceptors (Lipinski definition) is 3. The molecule has 4 heteroatoms. The summed E-state index contributed by atoms with van der Waals surface area (Å²) in [5.74, 6) is -0.278. The van der Waals surface area contributed by atoms with Gasteiger partial charge in [-0.2, -0.15) is 5.26 Å². The Morgan fingerprint density at radius 1 is 1.62 bits per heavy atom. The van der Waals surface area contributed by atoms with E-state index in [0.29, 0.717) is 13.1 Å². The summed E-state index contributed by atoms with van der Waals surface area (Å²) in [5.41, 5.74) is 5.36. The molecule has 2 atom stereocenters. The second-order valence-corrected chi connectivity index (χ2v) is 3.39. The van der Waals surface area contributed by atoms with Crippen LogP contribution in [0.4, 0.5) is 0 Å². The normalized spacial score (nSPS) is 14.4. The molecule has 2 N–H and O–H groups in total. The van der Waals surface area contributed by atoms with Gasteiger partial charge in [-0.05, 0) is 6.92 Å². The van der Waals surface area contributed by atoms with Crippen LogP contribution < -0.4 is 5.73 Å². The number of amides is 1. The van der Waals surface area contributed by atoms with Crippen molar-refractivity contribution in [2.45, 2.75) is 13.8 Å². The monoisotopic (exact) mass is 183 g/mol. The predicted molar refractivity (Wildman–Crippen MR) is 50.6 cm³/mol. The number of rotatable bonds is 4. The number of hydrogen-bond donors (Lipinski definition) is 1. The lowest BCUT2D eigenvalue weighted by Gasteiger charge is -2.21. The standard InChI is InChI=1S/C9H17N3O/c1-7(4-10)6-12(3)9(13)8(2)5-11/h7-8H,5-6,11H2,1-3H3. The van der Waals surface area contributed by atoms with E-state index in [9.17, 15) is 4.79 Å². The van der Waals surface area contributed by atoms with Gasteiger partial charge in [0.25, 0.3) is 0 Å². The molecule has 4 nitrogen and oxygen atoms in total. The topological polar surface area (TPSA) is 70.1 Å². The van der Waals surface area contributed by atoms with Gasteiger partial charge in [-0.15, -0.1) is 0 Å². The quantitative estimate of drug-likeness (QED) is 0.676. The Bertz CT molecular complexity index is 209. The molecule has 0 heterocycles. The second kappa shape index (κ2) is 5.55. The Morgan fingerprint density at radius 3 is 2.54 bits per heavy atom. The third kappa shape index (κ3) is 3.90. The van der Waals surface area contributed by atoms with Gasteiger partial charge in [0.1, 0.15) is 0 Å². The number of nitrogens with zero attached hydrogens (tertiary/aromatic N) is 2. The van der Waals surface area contributed by atoms with Crippen LogP contribution in [0.1, 0.15) is 13.8 Å². The Labute approximate surface area is 79.3 Å². The molecule has 2 unspecified atom stereocenters. The molecule has 1 amide bonds. The van der Waals surface area contributed by atoms with E-state index in [1.54, 1.807) is 25.8 Å². The first-order valence-corrected chi connectivity index (χ1v) is 4.37. The molecule has 0 aromatic heterocycles.